The molecule has 1 N–H and O–H groups in total. The minimum absolute atomic E-state index is 0.0279. The number of aryl methyl sites for hydroxylation is 1. The normalized spacial score (nSPS) is 11.0. The predicted octanol–water partition coefficient (Wildman–Crippen LogP) is 5.05. The number of aromatic nitrogens is 3. The predicted molar refractivity (Wildman–Crippen MR) is 136 cm³/mol. The molecule has 11 heteroatoms. The van der Waals surface area contributed by atoms with Gasteiger partial charge in [-0.2, -0.15) is 5.10 Å². The summed E-state index contributed by atoms with van der Waals surface area (Å²) in [4.78, 5) is 22.8. The van der Waals surface area contributed by atoms with Crippen LogP contribution in [0.1, 0.15) is 11.1 Å². The van der Waals surface area contributed by atoms with Crippen molar-refractivity contribution in [2.24, 2.45) is 5.10 Å². The number of hydrogen-bond acceptors (Lipinski definition) is 7. The molecule has 3 aromatic carbocycles. The zero-order valence-corrected chi connectivity index (χ0v) is 20.0. The molecule has 0 bridgehead atoms. The van der Waals surface area contributed by atoms with E-state index in [-0.39, 0.29) is 22.4 Å². The Kier molecular flexibility index (Phi) is 7.54. The molecule has 35 heavy (non-hydrogen) atoms. The molecule has 1 aromatic heterocycles. The SMILES string of the molecule is Cc1ccc(-c2nnc(SCC(=O)N/N=C/c3ccc(Cl)c([N+](=O)[O-])c3)n2-c2ccccc2)cc1. The van der Waals surface area contributed by atoms with E-state index in [4.69, 9.17) is 11.6 Å². The quantitative estimate of drug-likeness (QED) is 0.155. The maximum Gasteiger partial charge on any atom is 0.288 e. The first-order chi connectivity index (χ1) is 16.9. The summed E-state index contributed by atoms with van der Waals surface area (Å²) in [5.41, 5.74) is 5.53. The van der Waals surface area contributed by atoms with Crippen LogP contribution in [0.4, 0.5) is 5.69 Å². The number of hydrazone groups is 1. The van der Waals surface area contributed by atoms with Crippen LogP contribution in [-0.2, 0) is 4.79 Å². The molecular weight excluding hydrogens is 488 g/mol. The average molecular weight is 507 g/mol. The number of nitrogens with zero attached hydrogens (tertiary/aromatic N) is 5. The van der Waals surface area contributed by atoms with Gasteiger partial charge in [0, 0.05) is 22.9 Å². The van der Waals surface area contributed by atoms with Gasteiger partial charge in [-0.05, 0) is 25.1 Å². The lowest BCUT2D eigenvalue weighted by Crippen LogP contribution is -2.20. The number of benzene rings is 3. The summed E-state index contributed by atoms with van der Waals surface area (Å²) in [5.74, 6) is 0.340. The van der Waals surface area contributed by atoms with E-state index in [1.54, 1.807) is 6.07 Å². The van der Waals surface area contributed by atoms with Gasteiger partial charge in [0.05, 0.1) is 16.9 Å². The topological polar surface area (TPSA) is 115 Å². The van der Waals surface area contributed by atoms with Crippen molar-refractivity contribution in [3.63, 3.8) is 0 Å². The first-order valence-electron chi connectivity index (χ1n) is 10.4. The summed E-state index contributed by atoms with van der Waals surface area (Å²) in [6.45, 7) is 2.02. The molecule has 0 aliphatic rings. The molecule has 0 aliphatic heterocycles. The van der Waals surface area contributed by atoms with Crippen LogP contribution in [0.25, 0.3) is 17.1 Å². The summed E-state index contributed by atoms with van der Waals surface area (Å²) in [6, 6.07) is 21.9. The second-order valence-corrected chi connectivity index (χ2v) is 8.74. The van der Waals surface area contributed by atoms with Gasteiger partial charge in [-0.1, -0.05) is 77.5 Å². The number of carbonyl (C=O) groups is 1. The molecule has 0 fully saturated rings. The number of nitrogens with one attached hydrogen (secondary N) is 1. The van der Waals surface area contributed by atoms with Crippen LogP contribution in [-0.4, -0.2) is 37.6 Å². The van der Waals surface area contributed by atoms with E-state index in [2.05, 4.69) is 20.7 Å². The Morgan fingerprint density at radius 2 is 1.89 bits per heavy atom. The molecule has 1 amide bonds. The van der Waals surface area contributed by atoms with Gasteiger partial charge in [0.25, 0.3) is 11.6 Å². The smallest absolute Gasteiger partial charge is 0.272 e. The molecule has 0 unspecified atom stereocenters. The largest absolute Gasteiger partial charge is 0.288 e. The number of thioether (sulfide) groups is 1. The summed E-state index contributed by atoms with van der Waals surface area (Å²) in [6.07, 6.45) is 1.31. The Morgan fingerprint density at radius 1 is 1.14 bits per heavy atom. The number of halogens is 1. The Balaban J connectivity index is 1.47. The van der Waals surface area contributed by atoms with Crippen LogP contribution in [0.3, 0.4) is 0 Å². The molecule has 0 aliphatic carbocycles. The van der Waals surface area contributed by atoms with Crippen molar-refractivity contribution in [1.82, 2.24) is 20.2 Å². The number of hydrogen-bond donors (Lipinski definition) is 1. The van der Waals surface area contributed by atoms with Crippen LogP contribution in [0.2, 0.25) is 5.02 Å². The highest BCUT2D eigenvalue weighted by atomic mass is 35.5. The van der Waals surface area contributed by atoms with E-state index in [0.29, 0.717) is 16.5 Å². The molecule has 0 saturated carbocycles. The van der Waals surface area contributed by atoms with Crippen LogP contribution in [0.5, 0.6) is 0 Å². The van der Waals surface area contributed by atoms with Crippen molar-refractivity contribution in [3.05, 3.63) is 99.1 Å². The highest BCUT2D eigenvalue weighted by Crippen LogP contribution is 2.28. The molecule has 0 radical (unpaired) electrons. The van der Waals surface area contributed by atoms with E-state index in [1.807, 2.05) is 66.1 Å². The Bertz CT molecular complexity index is 1390. The Labute approximate surface area is 210 Å². The summed E-state index contributed by atoms with van der Waals surface area (Å²) >= 11 is 7.03. The lowest BCUT2D eigenvalue weighted by Gasteiger charge is -2.10. The van der Waals surface area contributed by atoms with Gasteiger partial charge in [0.2, 0.25) is 0 Å². The van der Waals surface area contributed by atoms with Gasteiger partial charge in [-0.15, -0.1) is 10.2 Å². The number of rotatable bonds is 8. The zero-order valence-electron chi connectivity index (χ0n) is 18.5. The fourth-order valence-corrected chi connectivity index (χ4v) is 4.08. The fraction of sp³-hybridized carbons (Fsp3) is 0.0833. The van der Waals surface area contributed by atoms with Gasteiger partial charge in [0.15, 0.2) is 11.0 Å². The van der Waals surface area contributed by atoms with E-state index >= 15 is 0 Å². The molecule has 1 heterocycles. The molecule has 4 aromatic rings. The molecule has 0 saturated heterocycles. The number of amides is 1. The Morgan fingerprint density at radius 3 is 2.60 bits per heavy atom. The molecule has 4 rings (SSSR count). The minimum atomic E-state index is -0.581. The first-order valence-corrected chi connectivity index (χ1v) is 11.8. The van der Waals surface area contributed by atoms with E-state index in [9.17, 15) is 14.9 Å². The fourth-order valence-electron chi connectivity index (χ4n) is 3.15. The van der Waals surface area contributed by atoms with E-state index in [1.165, 1.54) is 30.1 Å². The third kappa shape index (κ3) is 5.92. The maximum atomic E-state index is 12.4. The van der Waals surface area contributed by atoms with E-state index < -0.39 is 4.92 Å². The van der Waals surface area contributed by atoms with Crippen LogP contribution in [0, 0.1) is 17.0 Å². The van der Waals surface area contributed by atoms with Crippen molar-refractivity contribution in [1.29, 1.82) is 0 Å². The molecule has 0 atom stereocenters. The number of nitro groups is 1. The highest BCUT2D eigenvalue weighted by Gasteiger charge is 2.17. The first kappa shape index (κ1) is 24.1. The highest BCUT2D eigenvalue weighted by molar-refractivity contribution is 7.99. The van der Waals surface area contributed by atoms with Gasteiger partial charge in [-0.3, -0.25) is 19.5 Å². The number of nitro benzene ring substituents is 1. The standard InChI is InChI=1S/C24H19ClN6O3S/c1-16-7-10-18(11-8-16)23-28-29-24(30(23)19-5-3-2-4-6-19)35-15-22(32)27-26-14-17-9-12-20(25)21(13-17)31(33)34/h2-14H,15H2,1H3,(H,27,32)/b26-14+. The summed E-state index contributed by atoms with van der Waals surface area (Å²) in [7, 11) is 0. The van der Waals surface area contributed by atoms with Crippen molar-refractivity contribution in [2.75, 3.05) is 5.75 Å². The third-order valence-electron chi connectivity index (χ3n) is 4.86. The second kappa shape index (κ2) is 10.9. The minimum Gasteiger partial charge on any atom is -0.272 e. The number of carbonyl (C=O) groups excluding carboxylic acids is 1. The lowest BCUT2D eigenvalue weighted by molar-refractivity contribution is -0.384. The Hall–Kier alpha value is -4.02. The summed E-state index contributed by atoms with van der Waals surface area (Å²) < 4.78 is 1.90. The zero-order chi connectivity index (χ0) is 24.8. The monoisotopic (exact) mass is 506 g/mol. The van der Waals surface area contributed by atoms with Gasteiger partial charge in [-0.25, -0.2) is 5.43 Å². The van der Waals surface area contributed by atoms with Crippen LogP contribution < -0.4 is 5.43 Å². The molecular formula is C24H19ClN6O3S. The van der Waals surface area contributed by atoms with Crippen molar-refractivity contribution < 1.29 is 9.72 Å². The van der Waals surface area contributed by atoms with Crippen molar-refractivity contribution in [3.8, 4) is 17.1 Å². The lowest BCUT2D eigenvalue weighted by atomic mass is 10.1. The van der Waals surface area contributed by atoms with Gasteiger partial charge in [0.1, 0.15) is 5.02 Å². The van der Waals surface area contributed by atoms with Crippen LogP contribution in [0.15, 0.2) is 83.1 Å². The van der Waals surface area contributed by atoms with Crippen molar-refractivity contribution >= 4 is 41.2 Å². The third-order valence-corrected chi connectivity index (χ3v) is 6.11. The average Bonchev–Trinajstić information content (AvgIpc) is 3.28. The summed E-state index contributed by atoms with van der Waals surface area (Å²) in [5, 5.41) is 24.1. The van der Waals surface area contributed by atoms with Gasteiger partial charge >= 0.3 is 0 Å². The van der Waals surface area contributed by atoms with Crippen molar-refractivity contribution in [2.45, 2.75) is 12.1 Å². The molecule has 176 valence electrons. The van der Waals surface area contributed by atoms with Crippen LogP contribution >= 0.6 is 23.4 Å². The molecule has 9 nitrogen and oxygen atoms in total. The second-order valence-electron chi connectivity index (χ2n) is 7.39. The number of para-hydroxylation sites is 1. The van der Waals surface area contributed by atoms with Gasteiger partial charge < -0.3 is 0 Å². The van der Waals surface area contributed by atoms with E-state index in [0.717, 1.165) is 16.8 Å². The molecule has 0 spiro atoms. The maximum absolute atomic E-state index is 12.4.